The molecule has 0 aromatic carbocycles. The first kappa shape index (κ1) is 11.6. The maximum Gasteiger partial charge on any atom is 0.234 e. The topological polar surface area (TPSA) is 49.4 Å². The van der Waals surface area contributed by atoms with E-state index in [1.807, 2.05) is 13.8 Å². The molecular formula is C12H20N2O2. The second-order valence-corrected chi connectivity index (χ2v) is 5.23. The standard InChI is InChI=1S/C12H20N2O2/c1-8(2)13-12(16)7-14-9-3-4-10(14)6-11(15)5-9/h8-10H,3-7H2,1-2H3,(H,13,16). The van der Waals surface area contributed by atoms with Gasteiger partial charge < -0.3 is 5.32 Å². The van der Waals surface area contributed by atoms with Gasteiger partial charge in [-0.3, -0.25) is 14.5 Å². The summed E-state index contributed by atoms with van der Waals surface area (Å²) in [7, 11) is 0. The molecule has 2 rings (SSSR count). The Balaban J connectivity index is 1.91. The van der Waals surface area contributed by atoms with Gasteiger partial charge in [0.1, 0.15) is 5.78 Å². The largest absolute Gasteiger partial charge is 0.353 e. The van der Waals surface area contributed by atoms with Gasteiger partial charge in [0.25, 0.3) is 0 Å². The summed E-state index contributed by atoms with van der Waals surface area (Å²) in [4.78, 5) is 25.3. The first-order valence-corrected chi connectivity index (χ1v) is 6.13. The van der Waals surface area contributed by atoms with E-state index in [1.165, 1.54) is 0 Å². The Morgan fingerprint density at radius 1 is 1.38 bits per heavy atom. The Morgan fingerprint density at radius 2 is 1.94 bits per heavy atom. The molecule has 0 spiro atoms. The number of rotatable bonds is 3. The van der Waals surface area contributed by atoms with E-state index < -0.39 is 0 Å². The van der Waals surface area contributed by atoms with Gasteiger partial charge in [0.2, 0.25) is 5.91 Å². The van der Waals surface area contributed by atoms with E-state index in [-0.39, 0.29) is 11.9 Å². The summed E-state index contributed by atoms with van der Waals surface area (Å²) in [5.74, 6) is 0.453. The lowest BCUT2D eigenvalue weighted by atomic mass is 10.0. The van der Waals surface area contributed by atoms with E-state index >= 15 is 0 Å². The highest BCUT2D eigenvalue weighted by molar-refractivity contribution is 5.82. The lowest BCUT2D eigenvalue weighted by molar-refractivity contribution is -0.129. The van der Waals surface area contributed by atoms with E-state index in [9.17, 15) is 9.59 Å². The van der Waals surface area contributed by atoms with Crippen molar-refractivity contribution in [3.8, 4) is 0 Å². The van der Waals surface area contributed by atoms with Gasteiger partial charge in [-0.05, 0) is 26.7 Å². The second-order valence-electron chi connectivity index (χ2n) is 5.23. The monoisotopic (exact) mass is 224 g/mol. The molecule has 1 N–H and O–H groups in total. The third kappa shape index (κ3) is 2.43. The highest BCUT2D eigenvalue weighted by atomic mass is 16.2. The highest BCUT2D eigenvalue weighted by Gasteiger charge is 2.40. The van der Waals surface area contributed by atoms with Crippen LogP contribution in [0.4, 0.5) is 0 Å². The molecule has 0 radical (unpaired) electrons. The molecule has 2 fully saturated rings. The van der Waals surface area contributed by atoms with Crippen LogP contribution >= 0.6 is 0 Å². The van der Waals surface area contributed by atoms with Crippen LogP contribution in [0.3, 0.4) is 0 Å². The maximum atomic E-state index is 11.7. The molecule has 0 saturated carbocycles. The van der Waals surface area contributed by atoms with Crippen LogP contribution in [0.15, 0.2) is 0 Å². The lowest BCUT2D eigenvalue weighted by Gasteiger charge is -2.33. The number of nitrogens with one attached hydrogen (secondary N) is 1. The molecule has 90 valence electrons. The number of fused-ring (bicyclic) bond motifs is 2. The fourth-order valence-corrected chi connectivity index (χ4v) is 2.85. The van der Waals surface area contributed by atoms with Crippen LogP contribution in [0.2, 0.25) is 0 Å². The van der Waals surface area contributed by atoms with Crippen LogP contribution in [-0.4, -0.2) is 41.3 Å². The number of hydrogen-bond donors (Lipinski definition) is 1. The average Bonchev–Trinajstić information content (AvgIpc) is 2.43. The molecule has 0 aromatic rings. The van der Waals surface area contributed by atoms with E-state index in [4.69, 9.17) is 0 Å². The molecule has 0 aliphatic carbocycles. The summed E-state index contributed by atoms with van der Waals surface area (Å²) in [5.41, 5.74) is 0. The van der Waals surface area contributed by atoms with Crippen LogP contribution in [0.25, 0.3) is 0 Å². The van der Waals surface area contributed by atoms with Gasteiger partial charge in [-0.15, -0.1) is 0 Å². The molecule has 2 bridgehead atoms. The normalized spacial score (nSPS) is 29.8. The van der Waals surface area contributed by atoms with E-state index in [0.29, 0.717) is 37.3 Å². The van der Waals surface area contributed by atoms with Gasteiger partial charge in [-0.2, -0.15) is 0 Å². The molecular weight excluding hydrogens is 204 g/mol. The summed E-state index contributed by atoms with van der Waals surface area (Å²) in [6.07, 6.45) is 3.44. The van der Waals surface area contributed by atoms with Crippen molar-refractivity contribution in [3.63, 3.8) is 0 Å². The van der Waals surface area contributed by atoms with Gasteiger partial charge in [0, 0.05) is 31.0 Å². The van der Waals surface area contributed by atoms with Crippen molar-refractivity contribution >= 4 is 11.7 Å². The molecule has 2 atom stereocenters. The van der Waals surface area contributed by atoms with E-state index in [2.05, 4.69) is 10.2 Å². The molecule has 4 nitrogen and oxygen atoms in total. The third-order valence-corrected chi connectivity index (χ3v) is 3.47. The summed E-state index contributed by atoms with van der Waals surface area (Å²) in [6, 6.07) is 0.838. The maximum absolute atomic E-state index is 11.7. The first-order chi connectivity index (χ1) is 7.56. The molecule has 2 heterocycles. The minimum atomic E-state index is 0.0845. The molecule has 2 aliphatic heterocycles. The van der Waals surface area contributed by atoms with Crippen molar-refractivity contribution in [1.29, 1.82) is 0 Å². The van der Waals surface area contributed by atoms with Gasteiger partial charge in [-0.1, -0.05) is 0 Å². The summed E-state index contributed by atoms with van der Waals surface area (Å²) >= 11 is 0. The number of nitrogens with zero attached hydrogens (tertiary/aromatic N) is 1. The van der Waals surface area contributed by atoms with Crippen molar-refractivity contribution in [2.24, 2.45) is 0 Å². The third-order valence-electron chi connectivity index (χ3n) is 3.47. The minimum absolute atomic E-state index is 0.0845. The predicted molar refractivity (Wildman–Crippen MR) is 61.0 cm³/mol. The predicted octanol–water partition coefficient (Wildman–Crippen LogP) is 0.707. The molecule has 1 amide bonds. The number of piperidine rings is 1. The number of ketones is 1. The number of Topliss-reactive ketones (excluding diaryl/α,β-unsaturated/α-hetero) is 1. The highest BCUT2D eigenvalue weighted by Crippen LogP contribution is 2.33. The van der Waals surface area contributed by atoms with Crippen LogP contribution in [-0.2, 0) is 9.59 Å². The minimum Gasteiger partial charge on any atom is -0.353 e. The summed E-state index contributed by atoms with van der Waals surface area (Å²) in [5, 5.41) is 2.90. The van der Waals surface area contributed by atoms with E-state index in [1.54, 1.807) is 0 Å². The van der Waals surface area contributed by atoms with Gasteiger partial charge in [0.05, 0.1) is 6.54 Å². The molecule has 2 aliphatic rings. The van der Waals surface area contributed by atoms with Gasteiger partial charge in [0.15, 0.2) is 0 Å². The van der Waals surface area contributed by atoms with Crippen molar-refractivity contribution in [2.45, 2.75) is 57.7 Å². The fraction of sp³-hybridized carbons (Fsp3) is 0.833. The van der Waals surface area contributed by atoms with E-state index in [0.717, 1.165) is 12.8 Å². The number of amides is 1. The van der Waals surface area contributed by atoms with Crippen LogP contribution in [0.1, 0.15) is 39.5 Å². The zero-order valence-electron chi connectivity index (χ0n) is 10.0. The Bertz CT molecular complexity index is 285. The quantitative estimate of drug-likeness (QED) is 0.768. The smallest absolute Gasteiger partial charge is 0.234 e. The fourth-order valence-electron chi connectivity index (χ4n) is 2.85. The molecule has 4 heteroatoms. The molecule has 0 aromatic heterocycles. The van der Waals surface area contributed by atoms with Gasteiger partial charge >= 0.3 is 0 Å². The molecule has 2 saturated heterocycles. The van der Waals surface area contributed by atoms with Crippen molar-refractivity contribution in [1.82, 2.24) is 10.2 Å². The van der Waals surface area contributed by atoms with Crippen molar-refractivity contribution in [3.05, 3.63) is 0 Å². The Morgan fingerprint density at radius 3 is 2.44 bits per heavy atom. The van der Waals surface area contributed by atoms with Crippen molar-refractivity contribution in [2.75, 3.05) is 6.54 Å². The summed E-state index contributed by atoms with van der Waals surface area (Å²) < 4.78 is 0. The second kappa shape index (κ2) is 4.53. The SMILES string of the molecule is CC(C)NC(=O)CN1C2CCC1CC(=O)C2. The number of hydrogen-bond acceptors (Lipinski definition) is 3. The van der Waals surface area contributed by atoms with Crippen LogP contribution in [0, 0.1) is 0 Å². The zero-order chi connectivity index (χ0) is 11.7. The molecule has 2 unspecified atom stereocenters. The van der Waals surface area contributed by atoms with Crippen molar-refractivity contribution < 1.29 is 9.59 Å². The van der Waals surface area contributed by atoms with Crippen LogP contribution in [0.5, 0.6) is 0 Å². The zero-order valence-corrected chi connectivity index (χ0v) is 10.0. The summed E-state index contributed by atoms with van der Waals surface area (Å²) in [6.45, 7) is 4.39. The Hall–Kier alpha value is -0.900. The Labute approximate surface area is 96.4 Å². The van der Waals surface area contributed by atoms with Crippen LogP contribution < -0.4 is 5.32 Å². The average molecular weight is 224 g/mol. The lowest BCUT2D eigenvalue weighted by Crippen LogP contribution is -2.48. The number of carbonyl (C=O) groups excluding carboxylic acids is 2. The Kier molecular flexibility index (Phi) is 3.28. The van der Waals surface area contributed by atoms with Gasteiger partial charge in [-0.25, -0.2) is 0 Å². The molecule has 16 heavy (non-hydrogen) atoms. The first-order valence-electron chi connectivity index (χ1n) is 6.13. The number of carbonyl (C=O) groups is 2.